The number of nitrogens with zero attached hydrogens (tertiary/aromatic N) is 2. The fourth-order valence-electron chi connectivity index (χ4n) is 1.99. The summed E-state index contributed by atoms with van der Waals surface area (Å²) >= 11 is 3.55. The molecule has 0 saturated heterocycles. The summed E-state index contributed by atoms with van der Waals surface area (Å²) in [6.45, 7) is 8.65. The highest BCUT2D eigenvalue weighted by Crippen LogP contribution is 2.31. The molecule has 0 unspecified atom stereocenters. The van der Waals surface area contributed by atoms with E-state index >= 15 is 0 Å². The van der Waals surface area contributed by atoms with Gasteiger partial charge in [-0.05, 0) is 47.3 Å². The SMILES string of the molecule is CCNc1nc(-c2ccc(C)c(F)c2)nc(C(C)C)c1Br. The summed E-state index contributed by atoms with van der Waals surface area (Å²) in [5, 5.41) is 3.22. The van der Waals surface area contributed by atoms with Crippen molar-refractivity contribution in [1.82, 2.24) is 9.97 Å². The van der Waals surface area contributed by atoms with Gasteiger partial charge in [0.25, 0.3) is 0 Å². The Bertz CT molecular complexity index is 656. The zero-order valence-corrected chi connectivity index (χ0v) is 14.3. The van der Waals surface area contributed by atoms with Crippen molar-refractivity contribution in [1.29, 1.82) is 0 Å². The number of hydrogen-bond acceptors (Lipinski definition) is 3. The van der Waals surface area contributed by atoms with Gasteiger partial charge in [0.1, 0.15) is 11.6 Å². The van der Waals surface area contributed by atoms with Gasteiger partial charge in [-0.15, -0.1) is 0 Å². The summed E-state index contributed by atoms with van der Waals surface area (Å²) in [7, 11) is 0. The van der Waals surface area contributed by atoms with Crippen molar-refractivity contribution in [3.63, 3.8) is 0 Å². The maximum atomic E-state index is 13.8. The minimum Gasteiger partial charge on any atom is -0.369 e. The van der Waals surface area contributed by atoms with E-state index in [1.807, 2.05) is 13.0 Å². The molecule has 0 aliphatic heterocycles. The van der Waals surface area contributed by atoms with Crippen LogP contribution >= 0.6 is 15.9 Å². The van der Waals surface area contributed by atoms with Crippen LogP contribution in [0, 0.1) is 12.7 Å². The van der Waals surface area contributed by atoms with Gasteiger partial charge in [-0.25, -0.2) is 14.4 Å². The summed E-state index contributed by atoms with van der Waals surface area (Å²) in [6, 6.07) is 5.08. The molecule has 112 valence electrons. The van der Waals surface area contributed by atoms with Crippen molar-refractivity contribution in [3.8, 4) is 11.4 Å². The molecule has 0 atom stereocenters. The molecule has 5 heteroatoms. The van der Waals surface area contributed by atoms with Crippen LogP contribution in [0.2, 0.25) is 0 Å². The van der Waals surface area contributed by atoms with Gasteiger partial charge in [0.05, 0.1) is 10.2 Å². The summed E-state index contributed by atoms with van der Waals surface area (Å²) in [5.74, 6) is 1.29. The predicted octanol–water partition coefficient (Wildman–Crippen LogP) is 4.91. The fraction of sp³-hybridized carbons (Fsp3) is 0.375. The Balaban J connectivity index is 2.59. The van der Waals surface area contributed by atoms with E-state index in [0.29, 0.717) is 17.0 Å². The third kappa shape index (κ3) is 3.40. The third-order valence-corrected chi connectivity index (χ3v) is 3.98. The van der Waals surface area contributed by atoms with Crippen molar-refractivity contribution in [2.24, 2.45) is 0 Å². The Kier molecular flexibility index (Phi) is 4.93. The Morgan fingerprint density at radius 2 is 2.00 bits per heavy atom. The second-order valence-electron chi connectivity index (χ2n) is 5.24. The van der Waals surface area contributed by atoms with Crippen molar-refractivity contribution >= 4 is 21.7 Å². The summed E-state index contributed by atoms with van der Waals surface area (Å²) in [4.78, 5) is 9.10. The number of benzene rings is 1. The average molecular weight is 352 g/mol. The zero-order chi connectivity index (χ0) is 15.6. The van der Waals surface area contributed by atoms with E-state index in [0.717, 1.165) is 22.5 Å². The molecule has 2 aromatic rings. The molecule has 0 fully saturated rings. The molecule has 0 aliphatic rings. The van der Waals surface area contributed by atoms with Crippen molar-refractivity contribution < 1.29 is 4.39 Å². The smallest absolute Gasteiger partial charge is 0.161 e. The minimum absolute atomic E-state index is 0.241. The number of aromatic nitrogens is 2. The number of rotatable bonds is 4. The van der Waals surface area contributed by atoms with Crippen LogP contribution in [0.4, 0.5) is 10.2 Å². The van der Waals surface area contributed by atoms with E-state index < -0.39 is 0 Å². The molecule has 0 bridgehead atoms. The lowest BCUT2D eigenvalue weighted by Gasteiger charge is -2.14. The summed E-state index contributed by atoms with van der Waals surface area (Å²) < 4.78 is 14.6. The Labute approximate surface area is 133 Å². The first-order valence-corrected chi connectivity index (χ1v) is 7.81. The average Bonchev–Trinajstić information content (AvgIpc) is 2.44. The van der Waals surface area contributed by atoms with Gasteiger partial charge in [0.2, 0.25) is 0 Å². The third-order valence-electron chi connectivity index (χ3n) is 3.20. The van der Waals surface area contributed by atoms with Crippen LogP contribution in [0.1, 0.15) is 37.9 Å². The van der Waals surface area contributed by atoms with E-state index in [1.54, 1.807) is 13.0 Å². The van der Waals surface area contributed by atoms with Gasteiger partial charge in [0.15, 0.2) is 5.82 Å². The van der Waals surface area contributed by atoms with E-state index in [1.165, 1.54) is 6.07 Å². The summed E-state index contributed by atoms with van der Waals surface area (Å²) in [5.41, 5.74) is 2.22. The van der Waals surface area contributed by atoms with Crippen LogP contribution in [0.15, 0.2) is 22.7 Å². The zero-order valence-electron chi connectivity index (χ0n) is 12.7. The molecule has 3 nitrogen and oxygen atoms in total. The predicted molar refractivity (Wildman–Crippen MR) is 88.1 cm³/mol. The van der Waals surface area contributed by atoms with E-state index in [9.17, 15) is 4.39 Å². The Morgan fingerprint density at radius 3 is 2.57 bits per heavy atom. The first kappa shape index (κ1) is 15.9. The summed E-state index contributed by atoms with van der Waals surface area (Å²) in [6.07, 6.45) is 0. The number of anilines is 1. The van der Waals surface area contributed by atoms with E-state index in [-0.39, 0.29) is 11.7 Å². The molecule has 0 spiro atoms. The molecular formula is C16H19BrFN3. The van der Waals surface area contributed by atoms with Gasteiger partial charge in [-0.3, -0.25) is 0 Å². The second kappa shape index (κ2) is 6.52. The number of nitrogens with one attached hydrogen (secondary N) is 1. The van der Waals surface area contributed by atoms with E-state index in [4.69, 9.17) is 0 Å². The second-order valence-corrected chi connectivity index (χ2v) is 6.04. The largest absolute Gasteiger partial charge is 0.369 e. The topological polar surface area (TPSA) is 37.8 Å². The quantitative estimate of drug-likeness (QED) is 0.850. The van der Waals surface area contributed by atoms with Gasteiger partial charge in [0, 0.05) is 12.1 Å². The Morgan fingerprint density at radius 1 is 1.29 bits per heavy atom. The van der Waals surface area contributed by atoms with Crippen LogP contribution in [0.3, 0.4) is 0 Å². The maximum absolute atomic E-state index is 13.8. The molecule has 0 saturated carbocycles. The highest BCUT2D eigenvalue weighted by atomic mass is 79.9. The monoisotopic (exact) mass is 351 g/mol. The van der Waals surface area contributed by atoms with Crippen LogP contribution in [-0.4, -0.2) is 16.5 Å². The standard InChI is InChI=1S/C16H19BrFN3/c1-5-19-16-13(17)14(9(2)3)20-15(21-16)11-7-6-10(4)12(18)8-11/h6-9H,5H2,1-4H3,(H,19,20,21). The number of halogens is 2. The van der Waals surface area contributed by atoms with Crippen LogP contribution in [-0.2, 0) is 0 Å². The van der Waals surface area contributed by atoms with E-state index in [2.05, 4.69) is 45.1 Å². The molecular weight excluding hydrogens is 333 g/mol. The van der Waals surface area contributed by atoms with Crippen LogP contribution < -0.4 is 5.32 Å². The molecule has 2 rings (SSSR count). The van der Waals surface area contributed by atoms with Gasteiger partial charge in [-0.2, -0.15) is 0 Å². The molecule has 21 heavy (non-hydrogen) atoms. The first-order chi connectivity index (χ1) is 9.93. The lowest BCUT2D eigenvalue weighted by atomic mass is 10.1. The molecule has 1 aromatic carbocycles. The van der Waals surface area contributed by atoms with Gasteiger partial charge in [-0.1, -0.05) is 26.0 Å². The highest BCUT2D eigenvalue weighted by molar-refractivity contribution is 9.10. The molecule has 1 heterocycles. The highest BCUT2D eigenvalue weighted by Gasteiger charge is 2.16. The molecule has 0 radical (unpaired) electrons. The minimum atomic E-state index is -0.241. The van der Waals surface area contributed by atoms with Gasteiger partial charge < -0.3 is 5.32 Å². The van der Waals surface area contributed by atoms with Crippen LogP contribution in [0.25, 0.3) is 11.4 Å². The Hall–Kier alpha value is -1.49. The first-order valence-electron chi connectivity index (χ1n) is 7.01. The molecule has 1 aromatic heterocycles. The van der Waals surface area contributed by atoms with Gasteiger partial charge >= 0.3 is 0 Å². The molecule has 0 amide bonds. The van der Waals surface area contributed by atoms with Crippen molar-refractivity contribution in [2.75, 3.05) is 11.9 Å². The van der Waals surface area contributed by atoms with Crippen LogP contribution in [0.5, 0.6) is 0 Å². The number of aryl methyl sites for hydroxylation is 1. The molecule has 0 aliphatic carbocycles. The fourth-order valence-corrected chi connectivity index (χ4v) is 2.77. The molecule has 1 N–H and O–H groups in total. The lowest BCUT2D eigenvalue weighted by molar-refractivity contribution is 0.619. The number of hydrogen-bond donors (Lipinski definition) is 1. The normalized spacial score (nSPS) is 11.0. The maximum Gasteiger partial charge on any atom is 0.161 e. The lowest BCUT2D eigenvalue weighted by Crippen LogP contribution is -2.07. The van der Waals surface area contributed by atoms with Crippen molar-refractivity contribution in [2.45, 2.75) is 33.6 Å². The van der Waals surface area contributed by atoms with Crippen molar-refractivity contribution in [3.05, 3.63) is 39.7 Å².